The van der Waals surface area contributed by atoms with Crippen LogP contribution in [0.5, 0.6) is 0 Å². The van der Waals surface area contributed by atoms with Gasteiger partial charge in [-0.2, -0.15) is 0 Å². The maximum atomic E-state index is 11.0. The molecule has 2 atom stereocenters. The normalized spacial score (nSPS) is 34.5. The van der Waals surface area contributed by atoms with Gasteiger partial charge in [-0.15, -0.1) is 0 Å². The van der Waals surface area contributed by atoms with Gasteiger partial charge in [-0.1, -0.05) is 6.92 Å². The zero-order valence-corrected chi connectivity index (χ0v) is 6.75. The lowest BCUT2D eigenvalue weighted by Gasteiger charge is -2.18. The molecule has 0 radical (unpaired) electrons. The van der Waals surface area contributed by atoms with Crippen LogP contribution in [0.15, 0.2) is 0 Å². The maximum absolute atomic E-state index is 11.0. The minimum absolute atomic E-state index is 0.102. The van der Waals surface area contributed by atoms with Crippen LogP contribution in [0.4, 0.5) is 0 Å². The molecule has 3 nitrogen and oxygen atoms in total. The second-order valence-electron chi connectivity index (χ2n) is 3.17. The lowest BCUT2D eigenvalue weighted by atomic mass is 9.99. The first-order chi connectivity index (χ1) is 5.18. The van der Waals surface area contributed by atoms with Gasteiger partial charge in [-0.25, -0.2) is 0 Å². The molecule has 1 rings (SSSR count). The fraction of sp³-hybridized carbons (Fsp3) is 0.875. The van der Waals surface area contributed by atoms with Crippen LogP contribution in [0.1, 0.15) is 26.2 Å². The quantitative estimate of drug-likeness (QED) is 0.564. The second kappa shape index (κ2) is 3.83. The summed E-state index contributed by atoms with van der Waals surface area (Å²) in [5, 5.41) is 9.03. The standard InChI is InChI=1S/C8H14O3/c1-6-2-3-11-8(10)5-7(9)4-6/h6,8,10H,2-5H2,1H3. The summed E-state index contributed by atoms with van der Waals surface area (Å²) in [4.78, 5) is 11.0. The van der Waals surface area contributed by atoms with E-state index < -0.39 is 6.29 Å². The van der Waals surface area contributed by atoms with Crippen molar-refractivity contribution in [1.82, 2.24) is 0 Å². The molecule has 1 heterocycles. The molecule has 1 saturated heterocycles. The third kappa shape index (κ3) is 2.99. The summed E-state index contributed by atoms with van der Waals surface area (Å²) in [6, 6.07) is 0. The number of carbonyl (C=O) groups is 1. The van der Waals surface area contributed by atoms with Gasteiger partial charge in [-0.05, 0) is 12.3 Å². The van der Waals surface area contributed by atoms with Crippen molar-refractivity contribution in [2.75, 3.05) is 6.61 Å². The van der Waals surface area contributed by atoms with Crippen molar-refractivity contribution in [1.29, 1.82) is 0 Å². The summed E-state index contributed by atoms with van der Waals surface area (Å²) in [5.74, 6) is 0.500. The monoisotopic (exact) mass is 158 g/mol. The maximum Gasteiger partial charge on any atom is 0.161 e. The molecule has 0 aromatic heterocycles. The Balaban J connectivity index is 2.41. The van der Waals surface area contributed by atoms with E-state index in [4.69, 9.17) is 9.84 Å². The van der Waals surface area contributed by atoms with Crippen LogP contribution in [0, 0.1) is 5.92 Å². The molecule has 0 aliphatic carbocycles. The van der Waals surface area contributed by atoms with Crippen molar-refractivity contribution in [3.8, 4) is 0 Å². The highest BCUT2D eigenvalue weighted by molar-refractivity contribution is 5.78. The number of aliphatic hydroxyl groups excluding tert-OH is 1. The van der Waals surface area contributed by atoms with E-state index >= 15 is 0 Å². The molecular weight excluding hydrogens is 144 g/mol. The smallest absolute Gasteiger partial charge is 0.161 e. The average molecular weight is 158 g/mol. The average Bonchev–Trinajstić information content (AvgIpc) is 1.83. The fourth-order valence-corrected chi connectivity index (χ4v) is 1.23. The fourth-order valence-electron chi connectivity index (χ4n) is 1.23. The van der Waals surface area contributed by atoms with Crippen LogP contribution >= 0.6 is 0 Å². The van der Waals surface area contributed by atoms with Gasteiger partial charge in [0, 0.05) is 6.42 Å². The zero-order chi connectivity index (χ0) is 8.27. The summed E-state index contributed by atoms with van der Waals surface area (Å²) >= 11 is 0. The molecule has 1 aliphatic rings. The number of rotatable bonds is 0. The van der Waals surface area contributed by atoms with Crippen molar-refractivity contribution in [2.24, 2.45) is 5.92 Å². The molecule has 0 aromatic carbocycles. The van der Waals surface area contributed by atoms with Crippen molar-refractivity contribution in [2.45, 2.75) is 32.5 Å². The Morgan fingerprint density at radius 3 is 3.00 bits per heavy atom. The van der Waals surface area contributed by atoms with Crippen LogP contribution in [0.2, 0.25) is 0 Å². The Morgan fingerprint density at radius 1 is 1.55 bits per heavy atom. The molecule has 0 aromatic rings. The summed E-state index contributed by atoms with van der Waals surface area (Å²) in [6.07, 6.45) is 0.739. The largest absolute Gasteiger partial charge is 0.368 e. The van der Waals surface area contributed by atoms with Crippen LogP contribution in [-0.4, -0.2) is 23.8 Å². The lowest BCUT2D eigenvalue weighted by Crippen LogP contribution is -2.23. The summed E-state index contributed by atoms with van der Waals surface area (Å²) in [6.45, 7) is 2.59. The van der Waals surface area contributed by atoms with Crippen molar-refractivity contribution < 1.29 is 14.6 Å². The van der Waals surface area contributed by atoms with Crippen LogP contribution in [-0.2, 0) is 9.53 Å². The minimum Gasteiger partial charge on any atom is -0.368 e. The van der Waals surface area contributed by atoms with Gasteiger partial charge in [0.25, 0.3) is 0 Å². The van der Waals surface area contributed by atoms with Crippen LogP contribution in [0.25, 0.3) is 0 Å². The second-order valence-corrected chi connectivity index (χ2v) is 3.17. The topological polar surface area (TPSA) is 46.5 Å². The molecule has 11 heavy (non-hydrogen) atoms. The van der Waals surface area contributed by atoms with Gasteiger partial charge in [0.15, 0.2) is 6.29 Å². The van der Waals surface area contributed by atoms with E-state index in [9.17, 15) is 4.79 Å². The van der Waals surface area contributed by atoms with Crippen LogP contribution in [0.3, 0.4) is 0 Å². The van der Waals surface area contributed by atoms with E-state index in [1.54, 1.807) is 0 Å². The van der Waals surface area contributed by atoms with Gasteiger partial charge in [-0.3, -0.25) is 4.79 Å². The number of hydrogen-bond donors (Lipinski definition) is 1. The molecule has 1 aliphatic heterocycles. The van der Waals surface area contributed by atoms with E-state index in [0.717, 1.165) is 6.42 Å². The van der Waals surface area contributed by atoms with Gasteiger partial charge in [0.1, 0.15) is 5.78 Å². The molecule has 1 fully saturated rings. The zero-order valence-electron chi connectivity index (χ0n) is 6.75. The van der Waals surface area contributed by atoms with Crippen molar-refractivity contribution in [3.05, 3.63) is 0 Å². The number of hydrogen-bond acceptors (Lipinski definition) is 3. The molecule has 0 amide bonds. The Kier molecular flexibility index (Phi) is 3.02. The van der Waals surface area contributed by atoms with E-state index in [1.807, 2.05) is 6.92 Å². The predicted octanol–water partition coefficient (Wildman–Crippen LogP) is 0.711. The Bertz CT molecular complexity index is 130. The third-order valence-electron chi connectivity index (χ3n) is 1.90. The van der Waals surface area contributed by atoms with Crippen molar-refractivity contribution >= 4 is 5.78 Å². The summed E-state index contributed by atoms with van der Waals surface area (Å²) < 4.78 is 4.96. The molecule has 0 saturated carbocycles. The number of ether oxygens (including phenoxy) is 1. The molecule has 64 valence electrons. The number of carbonyl (C=O) groups excluding carboxylic acids is 1. The third-order valence-corrected chi connectivity index (χ3v) is 1.90. The molecule has 2 unspecified atom stereocenters. The molecule has 0 spiro atoms. The minimum atomic E-state index is -0.866. The van der Waals surface area contributed by atoms with Crippen LogP contribution < -0.4 is 0 Å². The van der Waals surface area contributed by atoms with Gasteiger partial charge in [0.05, 0.1) is 13.0 Å². The lowest BCUT2D eigenvalue weighted by molar-refractivity contribution is -0.142. The summed E-state index contributed by atoms with van der Waals surface area (Å²) in [7, 11) is 0. The molecule has 1 N–H and O–H groups in total. The Hall–Kier alpha value is -0.410. The molecule has 3 heteroatoms. The number of Topliss-reactive ketones (excluding diaryl/α,β-unsaturated/α-hetero) is 1. The van der Waals surface area contributed by atoms with Gasteiger partial charge < -0.3 is 9.84 Å². The first-order valence-electron chi connectivity index (χ1n) is 4.00. The summed E-state index contributed by atoms with van der Waals surface area (Å²) in [5.41, 5.74) is 0. The van der Waals surface area contributed by atoms with Gasteiger partial charge in [0.2, 0.25) is 0 Å². The first-order valence-corrected chi connectivity index (χ1v) is 4.00. The van der Waals surface area contributed by atoms with E-state index in [0.29, 0.717) is 18.9 Å². The number of ketones is 1. The molecular formula is C8H14O3. The molecule has 0 bridgehead atoms. The highest BCUT2D eigenvalue weighted by Crippen LogP contribution is 2.14. The van der Waals surface area contributed by atoms with Crippen molar-refractivity contribution in [3.63, 3.8) is 0 Å². The highest BCUT2D eigenvalue weighted by atomic mass is 16.6. The Morgan fingerprint density at radius 2 is 2.27 bits per heavy atom. The predicted molar refractivity (Wildman–Crippen MR) is 40.0 cm³/mol. The van der Waals surface area contributed by atoms with E-state index in [-0.39, 0.29) is 12.2 Å². The first kappa shape index (κ1) is 8.68. The van der Waals surface area contributed by atoms with Gasteiger partial charge >= 0.3 is 0 Å². The highest BCUT2D eigenvalue weighted by Gasteiger charge is 2.17. The van der Waals surface area contributed by atoms with E-state index in [2.05, 4.69) is 0 Å². The number of aliphatic hydroxyl groups is 1. The SMILES string of the molecule is CC1CCOC(O)CC(=O)C1. The van der Waals surface area contributed by atoms with E-state index in [1.165, 1.54) is 0 Å². The Labute approximate surface area is 66.4 Å².